The Morgan fingerprint density at radius 2 is 2.00 bits per heavy atom. The van der Waals surface area contributed by atoms with Gasteiger partial charge in [-0.15, -0.1) is 0 Å². The number of nitrogens with zero attached hydrogens (tertiary/aromatic N) is 2. The summed E-state index contributed by atoms with van der Waals surface area (Å²) in [6, 6.07) is 0.0960. The molecule has 2 fully saturated rings. The van der Waals surface area contributed by atoms with Gasteiger partial charge in [-0.2, -0.15) is 0 Å². The number of carbonyl (C=O) groups excluding carboxylic acids is 2. The molecule has 2 aliphatic rings. The van der Waals surface area contributed by atoms with E-state index in [1.807, 2.05) is 4.90 Å². The summed E-state index contributed by atoms with van der Waals surface area (Å²) in [5, 5.41) is 0. The van der Waals surface area contributed by atoms with E-state index >= 15 is 0 Å². The summed E-state index contributed by atoms with van der Waals surface area (Å²) in [6.45, 7) is 7.79. The fourth-order valence-corrected chi connectivity index (χ4v) is 3.36. The van der Waals surface area contributed by atoms with Crippen LogP contribution in [0.15, 0.2) is 0 Å². The Bertz CT molecular complexity index is 341. The number of hydrogen-bond donors (Lipinski definition) is 0. The van der Waals surface area contributed by atoms with Gasteiger partial charge in [0.15, 0.2) is 0 Å². The summed E-state index contributed by atoms with van der Waals surface area (Å²) >= 11 is 0. The summed E-state index contributed by atoms with van der Waals surface area (Å²) in [7, 11) is 0. The van der Waals surface area contributed by atoms with Crippen molar-refractivity contribution in [1.82, 2.24) is 9.80 Å². The summed E-state index contributed by atoms with van der Waals surface area (Å²) in [5.74, 6) is 0.785. The topological polar surface area (TPSA) is 40.6 Å². The Morgan fingerprint density at radius 3 is 2.61 bits per heavy atom. The fraction of sp³-hybridized carbons (Fsp3) is 0.857. The van der Waals surface area contributed by atoms with E-state index in [4.69, 9.17) is 0 Å². The molecule has 0 aromatic heterocycles. The zero-order valence-electron chi connectivity index (χ0n) is 11.7. The van der Waals surface area contributed by atoms with E-state index in [0.29, 0.717) is 18.9 Å². The van der Waals surface area contributed by atoms with E-state index < -0.39 is 0 Å². The van der Waals surface area contributed by atoms with Gasteiger partial charge in [-0.05, 0) is 25.2 Å². The molecule has 0 saturated carbocycles. The molecule has 2 rings (SSSR count). The highest BCUT2D eigenvalue weighted by Crippen LogP contribution is 2.26. The monoisotopic (exact) mass is 252 g/mol. The molecule has 102 valence electrons. The Morgan fingerprint density at radius 1 is 1.28 bits per heavy atom. The summed E-state index contributed by atoms with van der Waals surface area (Å²) in [5.41, 5.74) is 0. The molecule has 2 amide bonds. The van der Waals surface area contributed by atoms with Crippen LogP contribution in [0.4, 0.5) is 0 Å². The van der Waals surface area contributed by atoms with Crippen LogP contribution in [0.3, 0.4) is 0 Å². The third-order valence-electron chi connectivity index (χ3n) is 4.30. The molecule has 2 atom stereocenters. The van der Waals surface area contributed by atoms with Crippen molar-refractivity contribution in [1.29, 1.82) is 0 Å². The summed E-state index contributed by atoms with van der Waals surface area (Å²) in [4.78, 5) is 28.4. The number of rotatable bonds is 3. The highest BCUT2D eigenvalue weighted by molar-refractivity contribution is 5.90. The molecule has 2 heterocycles. The maximum Gasteiger partial charge on any atom is 0.245 e. The van der Waals surface area contributed by atoms with E-state index in [0.717, 1.165) is 25.8 Å². The van der Waals surface area contributed by atoms with Crippen molar-refractivity contribution in [3.8, 4) is 0 Å². The zero-order valence-corrected chi connectivity index (χ0v) is 11.7. The van der Waals surface area contributed by atoms with Crippen LogP contribution >= 0.6 is 0 Å². The predicted molar refractivity (Wildman–Crippen MR) is 70.0 cm³/mol. The molecule has 4 nitrogen and oxygen atoms in total. The van der Waals surface area contributed by atoms with Crippen LogP contribution in [0.1, 0.15) is 46.5 Å². The van der Waals surface area contributed by atoms with Crippen molar-refractivity contribution in [2.75, 3.05) is 13.1 Å². The second-order valence-corrected chi connectivity index (χ2v) is 5.75. The van der Waals surface area contributed by atoms with Gasteiger partial charge in [-0.1, -0.05) is 20.8 Å². The van der Waals surface area contributed by atoms with Crippen LogP contribution in [-0.4, -0.2) is 46.8 Å². The van der Waals surface area contributed by atoms with E-state index in [9.17, 15) is 9.59 Å². The molecule has 0 radical (unpaired) electrons. The van der Waals surface area contributed by atoms with Crippen molar-refractivity contribution < 1.29 is 9.59 Å². The minimum Gasteiger partial charge on any atom is -0.337 e. The summed E-state index contributed by atoms with van der Waals surface area (Å²) < 4.78 is 0. The number of amides is 2. The van der Waals surface area contributed by atoms with Gasteiger partial charge in [0.25, 0.3) is 0 Å². The van der Waals surface area contributed by atoms with Gasteiger partial charge in [-0.3, -0.25) is 9.59 Å². The van der Waals surface area contributed by atoms with Crippen LogP contribution in [-0.2, 0) is 9.59 Å². The van der Waals surface area contributed by atoms with E-state index in [1.165, 1.54) is 0 Å². The van der Waals surface area contributed by atoms with Crippen LogP contribution in [0.25, 0.3) is 0 Å². The maximum absolute atomic E-state index is 12.6. The van der Waals surface area contributed by atoms with E-state index in [2.05, 4.69) is 20.8 Å². The second kappa shape index (κ2) is 5.29. The van der Waals surface area contributed by atoms with Crippen molar-refractivity contribution >= 4 is 11.8 Å². The third kappa shape index (κ3) is 2.25. The first-order valence-corrected chi connectivity index (χ1v) is 7.16. The van der Waals surface area contributed by atoms with Gasteiger partial charge >= 0.3 is 0 Å². The van der Waals surface area contributed by atoms with Crippen LogP contribution in [0, 0.1) is 5.92 Å². The molecule has 2 unspecified atom stereocenters. The smallest absolute Gasteiger partial charge is 0.245 e. The first-order valence-electron chi connectivity index (χ1n) is 7.16. The highest BCUT2D eigenvalue weighted by atomic mass is 16.2. The predicted octanol–water partition coefficient (Wildman–Crippen LogP) is 1.64. The van der Waals surface area contributed by atoms with Gasteiger partial charge in [0.2, 0.25) is 11.8 Å². The molecular weight excluding hydrogens is 228 g/mol. The minimum absolute atomic E-state index is 0.159. The lowest BCUT2D eigenvalue weighted by Gasteiger charge is -2.34. The Kier molecular flexibility index (Phi) is 3.93. The van der Waals surface area contributed by atoms with Crippen molar-refractivity contribution in [2.24, 2.45) is 5.92 Å². The van der Waals surface area contributed by atoms with Crippen molar-refractivity contribution in [3.05, 3.63) is 0 Å². The molecule has 18 heavy (non-hydrogen) atoms. The molecule has 4 heteroatoms. The molecular formula is C14H24N2O2. The van der Waals surface area contributed by atoms with E-state index in [-0.39, 0.29) is 23.9 Å². The molecule has 2 aliphatic heterocycles. The van der Waals surface area contributed by atoms with Gasteiger partial charge in [0.05, 0.1) is 0 Å². The maximum atomic E-state index is 12.6. The molecule has 0 aliphatic carbocycles. The number of carbonyl (C=O) groups is 2. The van der Waals surface area contributed by atoms with Crippen LogP contribution in [0.2, 0.25) is 0 Å². The Labute approximate surface area is 109 Å². The lowest BCUT2D eigenvalue weighted by molar-refractivity contribution is -0.141. The average molecular weight is 252 g/mol. The zero-order chi connectivity index (χ0) is 13.3. The molecule has 2 saturated heterocycles. The minimum atomic E-state index is -0.173. The Hall–Kier alpha value is -1.06. The molecule has 0 spiro atoms. The fourth-order valence-electron chi connectivity index (χ4n) is 3.36. The van der Waals surface area contributed by atoms with Crippen molar-refractivity contribution in [3.63, 3.8) is 0 Å². The summed E-state index contributed by atoms with van der Waals surface area (Å²) in [6.07, 6.45) is 3.26. The molecule has 0 aromatic rings. The Balaban J connectivity index is 2.21. The van der Waals surface area contributed by atoms with Gasteiger partial charge < -0.3 is 9.80 Å². The quantitative estimate of drug-likeness (QED) is 0.766. The molecule has 0 aromatic carbocycles. The second-order valence-electron chi connectivity index (χ2n) is 5.75. The van der Waals surface area contributed by atoms with Gasteiger partial charge in [0.1, 0.15) is 6.04 Å². The average Bonchev–Trinajstić information content (AvgIpc) is 2.77. The normalized spacial score (nSPS) is 26.6. The highest BCUT2D eigenvalue weighted by Gasteiger charge is 2.41. The van der Waals surface area contributed by atoms with Crippen molar-refractivity contribution in [2.45, 2.75) is 58.5 Å². The lowest BCUT2D eigenvalue weighted by atomic mass is 9.98. The molecule has 0 N–H and O–H groups in total. The number of hydrogen-bond acceptors (Lipinski definition) is 2. The van der Waals surface area contributed by atoms with Gasteiger partial charge in [-0.25, -0.2) is 0 Å². The third-order valence-corrected chi connectivity index (χ3v) is 4.30. The van der Waals surface area contributed by atoms with Gasteiger partial charge in [0, 0.05) is 25.6 Å². The van der Waals surface area contributed by atoms with Crippen LogP contribution in [0.5, 0.6) is 0 Å². The number of fused-ring (bicyclic) bond motifs is 1. The lowest BCUT2D eigenvalue weighted by Crippen LogP contribution is -2.49. The largest absolute Gasteiger partial charge is 0.337 e. The van der Waals surface area contributed by atoms with E-state index in [1.54, 1.807) is 4.90 Å². The standard InChI is InChI=1S/C14H24N2O2/c1-4-11(10(2)3)16-9-7-13(17)15-8-5-6-12(15)14(16)18/h10-12H,4-9H2,1-3H3. The van der Waals surface area contributed by atoms with Crippen LogP contribution < -0.4 is 0 Å². The SMILES string of the molecule is CCC(C(C)C)N1CCC(=O)N2CCCC2C1=O. The molecule has 0 bridgehead atoms. The first-order chi connectivity index (χ1) is 8.56. The first kappa shape index (κ1) is 13.4.